The maximum absolute atomic E-state index is 14.8. The number of allylic oxidation sites excluding steroid dienone is 1. The van der Waals surface area contributed by atoms with Crippen molar-refractivity contribution in [2.24, 2.45) is 5.92 Å². The van der Waals surface area contributed by atoms with E-state index in [-0.39, 0.29) is 30.1 Å². The predicted molar refractivity (Wildman–Crippen MR) is 128 cm³/mol. The third-order valence-corrected chi connectivity index (χ3v) is 8.23. The predicted octanol–water partition coefficient (Wildman–Crippen LogP) is 5.84. The van der Waals surface area contributed by atoms with Gasteiger partial charge in [-0.25, -0.2) is 13.2 Å². The Labute approximate surface area is 203 Å². The van der Waals surface area contributed by atoms with Gasteiger partial charge in [-0.15, -0.1) is 6.58 Å². The molecule has 0 radical (unpaired) electrons. The number of aliphatic hydroxyl groups is 1. The van der Waals surface area contributed by atoms with Crippen LogP contribution in [0.3, 0.4) is 0 Å². The number of hydrogen-bond acceptors (Lipinski definition) is 3. The summed E-state index contributed by atoms with van der Waals surface area (Å²) in [6, 6.07) is 8.67. The third-order valence-electron chi connectivity index (χ3n) is 8.23. The van der Waals surface area contributed by atoms with E-state index in [4.69, 9.17) is 4.74 Å². The molecule has 3 heterocycles. The summed E-state index contributed by atoms with van der Waals surface area (Å²) in [5.41, 5.74) is 1.34. The van der Waals surface area contributed by atoms with Gasteiger partial charge in [0.25, 0.3) is 0 Å². The van der Waals surface area contributed by atoms with E-state index in [1.807, 2.05) is 30.3 Å². The molecule has 4 nitrogen and oxygen atoms in total. The van der Waals surface area contributed by atoms with E-state index in [1.54, 1.807) is 13.3 Å². The van der Waals surface area contributed by atoms with Gasteiger partial charge in [0, 0.05) is 43.0 Å². The van der Waals surface area contributed by atoms with E-state index >= 15 is 0 Å². The molecule has 2 fully saturated rings. The number of pyridine rings is 1. The number of aromatic nitrogens is 1. The molecule has 3 aromatic rings. The molecule has 0 bridgehead atoms. The first-order valence-electron chi connectivity index (χ1n) is 12.1. The lowest BCUT2D eigenvalue weighted by atomic mass is 9.85. The molecular formula is C28H30F3N2O2+. The number of methoxy groups -OCH3 is 1. The van der Waals surface area contributed by atoms with Gasteiger partial charge in [-0.2, -0.15) is 0 Å². The Bertz CT molecular complexity index is 1240. The first-order valence-corrected chi connectivity index (χ1v) is 12.1. The maximum atomic E-state index is 14.8. The van der Waals surface area contributed by atoms with E-state index in [1.165, 1.54) is 0 Å². The van der Waals surface area contributed by atoms with Gasteiger partial charge in [0.2, 0.25) is 0 Å². The summed E-state index contributed by atoms with van der Waals surface area (Å²) in [6.45, 7) is 4.75. The minimum absolute atomic E-state index is 0.0700. The topological polar surface area (TPSA) is 42.4 Å². The Morgan fingerprint density at radius 3 is 2.57 bits per heavy atom. The van der Waals surface area contributed by atoms with E-state index < -0.39 is 23.6 Å². The van der Waals surface area contributed by atoms with E-state index in [0.29, 0.717) is 23.2 Å². The maximum Gasteiger partial charge on any atom is 0.137 e. The molecule has 2 aliphatic rings. The molecule has 2 saturated heterocycles. The third kappa shape index (κ3) is 4.10. The SMILES string of the molecule is C=CC1CCC(C(O)c2ccnc3ccc(OC)cc23)[N+]2(Cc3c(F)cc(F)cc3F)CCC2C1. The molecule has 5 unspecified atom stereocenters. The lowest BCUT2D eigenvalue weighted by Gasteiger charge is -2.57. The molecule has 2 aliphatic heterocycles. The largest absolute Gasteiger partial charge is 0.497 e. The van der Waals surface area contributed by atoms with Crippen LogP contribution in [0.15, 0.2) is 55.3 Å². The van der Waals surface area contributed by atoms with Crippen LogP contribution in [-0.4, -0.2) is 40.3 Å². The fourth-order valence-corrected chi connectivity index (χ4v) is 6.25. The van der Waals surface area contributed by atoms with Crippen molar-refractivity contribution in [3.8, 4) is 5.75 Å². The van der Waals surface area contributed by atoms with Crippen LogP contribution in [0.1, 0.15) is 42.9 Å². The van der Waals surface area contributed by atoms with Crippen LogP contribution in [0.5, 0.6) is 5.75 Å². The van der Waals surface area contributed by atoms with Crippen LogP contribution in [0.4, 0.5) is 13.2 Å². The molecule has 1 N–H and O–H groups in total. The molecule has 184 valence electrons. The van der Waals surface area contributed by atoms with Gasteiger partial charge in [0.05, 0.1) is 30.8 Å². The molecule has 5 rings (SSSR count). The van der Waals surface area contributed by atoms with E-state index in [9.17, 15) is 18.3 Å². The minimum Gasteiger partial charge on any atom is -0.497 e. The summed E-state index contributed by atoms with van der Waals surface area (Å²) in [4.78, 5) is 4.43. The van der Waals surface area contributed by atoms with Crippen molar-refractivity contribution in [2.45, 2.75) is 50.4 Å². The fourth-order valence-electron chi connectivity index (χ4n) is 6.25. The molecule has 7 heteroatoms. The Balaban J connectivity index is 1.60. The lowest BCUT2D eigenvalue weighted by molar-refractivity contribution is -1.02. The molecule has 0 saturated carbocycles. The zero-order valence-electron chi connectivity index (χ0n) is 19.8. The first-order chi connectivity index (χ1) is 16.9. The summed E-state index contributed by atoms with van der Waals surface area (Å²) in [6.07, 6.45) is 6.01. The van der Waals surface area contributed by atoms with Gasteiger partial charge >= 0.3 is 0 Å². The van der Waals surface area contributed by atoms with Gasteiger partial charge in [0.1, 0.15) is 41.9 Å². The van der Waals surface area contributed by atoms with Crippen LogP contribution in [-0.2, 0) is 6.54 Å². The number of halogens is 3. The van der Waals surface area contributed by atoms with Crippen LogP contribution in [0.25, 0.3) is 10.9 Å². The van der Waals surface area contributed by atoms with Gasteiger partial charge < -0.3 is 14.3 Å². The second kappa shape index (κ2) is 9.28. The average Bonchev–Trinajstić information content (AvgIpc) is 2.94. The summed E-state index contributed by atoms with van der Waals surface area (Å²) in [5, 5.41) is 12.7. The van der Waals surface area contributed by atoms with Gasteiger partial charge in [0.15, 0.2) is 0 Å². The molecular weight excluding hydrogens is 453 g/mol. The molecule has 1 aromatic heterocycles. The molecule has 5 atom stereocenters. The van der Waals surface area contributed by atoms with Gasteiger partial charge in [-0.05, 0) is 42.2 Å². The Morgan fingerprint density at radius 1 is 1.14 bits per heavy atom. The molecule has 0 amide bonds. The van der Waals surface area contributed by atoms with Crippen molar-refractivity contribution < 1.29 is 27.5 Å². The van der Waals surface area contributed by atoms with Crippen molar-refractivity contribution in [3.63, 3.8) is 0 Å². The quantitative estimate of drug-likeness (QED) is 0.354. The fraction of sp³-hybridized carbons (Fsp3) is 0.393. The number of rotatable bonds is 6. The second-order valence-corrected chi connectivity index (χ2v) is 9.88. The van der Waals surface area contributed by atoms with Crippen molar-refractivity contribution >= 4 is 10.9 Å². The zero-order valence-corrected chi connectivity index (χ0v) is 19.8. The number of benzene rings is 2. The number of hydrogen-bond donors (Lipinski definition) is 1. The highest BCUT2D eigenvalue weighted by Crippen LogP contribution is 2.48. The number of nitrogens with zero attached hydrogens (tertiary/aromatic N) is 2. The van der Waals surface area contributed by atoms with Crippen molar-refractivity contribution in [1.29, 1.82) is 0 Å². The Morgan fingerprint density at radius 2 is 1.91 bits per heavy atom. The molecule has 2 aromatic carbocycles. The Hall–Kier alpha value is -2.90. The molecule has 35 heavy (non-hydrogen) atoms. The monoisotopic (exact) mass is 483 g/mol. The van der Waals surface area contributed by atoms with E-state index in [0.717, 1.165) is 47.9 Å². The standard InChI is InChI=1S/C28H30F3N2O2/c1-3-17-4-7-27(28(34)21-8-10-32-26-6-5-20(35-2)15-22(21)26)33(11-9-19(33)12-17)16-23-24(30)13-18(29)14-25(23)31/h3,5-6,8,10,13-15,17,19,27-28,34H,1,4,7,9,11-12,16H2,2H3/q+1. The summed E-state index contributed by atoms with van der Waals surface area (Å²) in [5.74, 6) is -1.75. The van der Waals surface area contributed by atoms with E-state index in [2.05, 4.69) is 11.6 Å². The highest BCUT2D eigenvalue weighted by Gasteiger charge is 2.56. The number of fused-ring (bicyclic) bond motifs is 2. The summed E-state index contributed by atoms with van der Waals surface area (Å²) < 4.78 is 49.0. The van der Waals surface area contributed by atoms with Crippen molar-refractivity contribution in [2.75, 3.05) is 13.7 Å². The smallest absolute Gasteiger partial charge is 0.137 e. The highest BCUT2D eigenvalue weighted by atomic mass is 19.1. The summed E-state index contributed by atoms with van der Waals surface area (Å²) >= 11 is 0. The minimum atomic E-state index is -0.930. The second-order valence-electron chi connectivity index (χ2n) is 9.88. The number of quaternary nitrogens is 1. The number of aliphatic hydroxyl groups excluding tert-OH is 1. The molecule has 0 spiro atoms. The first kappa shape index (κ1) is 23.8. The van der Waals surface area contributed by atoms with Crippen molar-refractivity contribution in [1.82, 2.24) is 4.98 Å². The normalized spacial score (nSPS) is 26.9. The number of ether oxygens (including phenoxy) is 1. The van der Waals surface area contributed by atoms with Gasteiger partial charge in [-0.3, -0.25) is 4.98 Å². The van der Waals surface area contributed by atoms with Gasteiger partial charge in [-0.1, -0.05) is 6.08 Å². The average molecular weight is 484 g/mol. The van der Waals surface area contributed by atoms with Crippen LogP contribution in [0.2, 0.25) is 0 Å². The van der Waals surface area contributed by atoms with Crippen LogP contribution < -0.4 is 4.74 Å². The Kier molecular flexibility index (Phi) is 6.32. The lowest BCUT2D eigenvalue weighted by Crippen LogP contribution is -2.69. The molecule has 0 aliphatic carbocycles. The van der Waals surface area contributed by atoms with Crippen molar-refractivity contribution in [3.05, 3.63) is 83.8 Å². The highest BCUT2D eigenvalue weighted by molar-refractivity contribution is 5.83. The summed E-state index contributed by atoms with van der Waals surface area (Å²) in [7, 11) is 1.59. The zero-order chi connectivity index (χ0) is 24.7. The van der Waals surface area contributed by atoms with Crippen LogP contribution in [0, 0.1) is 23.4 Å². The van der Waals surface area contributed by atoms with Crippen LogP contribution >= 0.6 is 0 Å².